The Balaban J connectivity index is 1.04. The molecule has 0 saturated carbocycles. The van der Waals surface area contributed by atoms with Gasteiger partial charge in [0.2, 0.25) is 0 Å². The van der Waals surface area contributed by atoms with Crippen LogP contribution in [0.3, 0.4) is 0 Å². The van der Waals surface area contributed by atoms with E-state index >= 15 is 0 Å². The van der Waals surface area contributed by atoms with E-state index in [9.17, 15) is 0 Å². The van der Waals surface area contributed by atoms with E-state index in [1.807, 2.05) is 12.1 Å². The summed E-state index contributed by atoms with van der Waals surface area (Å²) in [5.41, 5.74) is 23.1. The van der Waals surface area contributed by atoms with Crippen LogP contribution in [0.15, 0.2) is 191 Å². The van der Waals surface area contributed by atoms with Crippen molar-refractivity contribution in [2.75, 3.05) is 9.80 Å². The van der Waals surface area contributed by atoms with Crippen LogP contribution in [0.5, 0.6) is 0 Å². The standard InChI is InChI=1S/C66H57BN2O2/c1-64(2,3)42-29-35-53-52(36-42)67-51-34-28-43(65(4,5)6)37-54(51)69(46-32-26-41(27-33-46)48-19-15-23-60-62(48)50-17-11-13-21-58(50)71-60)56-39-44(66(7,8)9)38-55(63(56)67)68(53)45-30-24-40(25-31-45)47-18-14-22-59-61(47)49-16-10-12-20-57(49)70-59/h10-39H,1-9H3. The van der Waals surface area contributed by atoms with Crippen LogP contribution in [0.1, 0.15) is 79.0 Å². The molecule has 11 aromatic rings. The zero-order valence-electron chi connectivity index (χ0n) is 42.1. The van der Waals surface area contributed by atoms with Gasteiger partial charge in [-0.15, -0.1) is 0 Å². The van der Waals surface area contributed by atoms with Gasteiger partial charge in [0, 0.05) is 55.7 Å². The Morgan fingerprint density at radius 2 is 0.789 bits per heavy atom. The molecular weight excluding hydrogens is 864 g/mol. The molecule has 0 amide bonds. The van der Waals surface area contributed by atoms with Gasteiger partial charge in [0.15, 0.2) is 0 Å². The Morgan fingerprint density at radius 3 is 1.30 bits per heavy atom. The molecule has 0 radical (unpaired) electrons. The molecular formula is C66H57BN2O2. The topological polar surface area (TPSA) is 32.8 Å². The van der Waals surface area contributed by atoms with E-state index in [0.29, 0.717) is 0 Å². The molecule has 4 nitrogen and oxygen atoms in total. The summed E-state index contributed by atoms with van der Waals surface area (Å²) < 4.78 is 12.7. The fraction of sp³-hybridized carbons (Fsp3) is 0.182. The van der Waals surface area contributed by atoms with Crippen molar-refractivity contribution in [1.82, 2.24) is 0 Å². The van der Waals surface area contributed by atoms with Crippen LogP contribution in [-0.4, -0.2) is 6.71 Å². The number of furan rings is 2. The number of nitrogens with zero attached hydrogens (tertiary/aromatic N) is 2. The number of benzene rings is 9. The van der Waals surface area contributed by atoms with Crippen molar-refractivity contribution >= 4 is 101 Å². The lowest BCUT2D eigenvalue weighted by atomic mass is 9.33. The Labute approximate surface area is 417 Å². The Hall–Kier alpha value is -7.76. The van der Waals surface area contributed by atoms with Crippen LogP contribution >= 0.6 is 0 Å². The third kappa shape index (κ3) is 6.80. The second-order valence-corrected chi connectivity index (χ2v) is 23.0. The van der Waals surface area contributed by atoms with Gasteiger partial charge in [-0.25, -0.2) is 0 Å². The van der Waals surface area contributed by atoms with E-state index in [1.54, 1.807) is 0 Å². The third-order valence-electron chi connectivity index (χ3n) is 15.3. The van der Waals surface area contributed by atoms with E-state index in [1.165, 1.54) is 67.0 Å². The molecule has 0 spiro atoms. The molecule has 0 saturated heterocycles. The summed E-state index contributed by atoms with van der Waals surface area (Å²) in [6, 6.07) is 67.6. The highest BCUT2D eigenvalue weighted by molar-refractivity contribution is 7.00. The molecule has 5 heteroatoms. The SMILES string of the molecule is CC(C)(C)c1ccc2c(c1)B1c3ccc(C(C)(C)C)cc3N(c3ccc(-c4cccc5oc6ccccc6c45)cc3)c3cc(C(C)(C)C)cc(c31)N2c1ccc(-c2cccc3oc4ccccc4c23)cc1. The van der Waals surface area contributed by atoms with Gasteiger partial charge in [-0.2, -0.15) is 0 Å². The van der Waals surface area contributed by atoms with E-state index in [4.69, 9.17) is 8.83 Å². The van der Waals surface area contributed by atoms with Crippen molar-refractivity contribution in [2.45, 2.75) is 78.6 Å². The van der Waals surface area contributed by atoms with Gasteiger partial charge in [-0.1, -0.05) is 172 Å². The molecule has 0 N–H and O–H groups in total. The predicted octanol–water partition coefficient (Wildman–Crippen LogP) is 16.8. The summed E-state index contributed by atoms with van der Waals surface area (Å²) in [4.78, 5) is 5.12. The third-order valence-corrected chi connectivity index (χ3v) is 15.3. The number of hydrogen-bond acceptors (Lipinski definition) is 4. The van der Waals surface area contributed by atoms with E-state index < -0.39 is 0 Å². The molecule has 71 heavy (non-hydrogen) atoms. The lowest BCUT2D eigenvalue weighted by Gasteiger charge is -2.45. The summed E-state index contributed by atoms with van der Waals surface area (Å²) >= 11 is 0. The largest absolute Gasteiger partial charge is 0.456 e. The van der Waals surface area contributed by atoms with Crippen molar-refractivity contribution in [3.8, 4) is 22.3 Å². The molecule has 0 atom stereocenters. The Bertz CT molecular complexity index is 3950. The predicted molar refractivity (Wildman–Crippen MR) is 302 cm³/mol. The maximum atomic E-state index is 6.35. The first-order valence-corrected chi connectivity index (χ1v) is 25.2. The van der Waals surface area contributed by atoms with Crippen molar-refractivity contribution in [3.63, 3.8) is 0 Å². The molecule has 346 valence electrons. The highest BCUT2D eigenvalue weighted by Gasteiger charge is 2.45. The zero-order chi connectivity index (χ0) is 48.7. The maximum absolute atomic E-state index is 6.35. The molecule has 9 aromatic carbocycles. The summed E-state index contributed by atoms with van der Waals surface area (Å²) in [6.45, 7) is 21.0. The first-order valence-electron chi connectivity index (χ1n) is 25.2. The van der Waals surface area contributed by atoms with Gasteiger partial charge in [0.05, 0.1) is 0 Å². The number of rotatable bonds is 4. The zero-order valence-corrected chi connectivity index (χ0v) is 42.1. The summed E-state index contributed by atoms with van der Waals surface area (Å²) in [7, 11) is 0. The van der Waals surface area contributed by atoms with Crippen LogP contribution in [0.2, 0.25) is 0 Å². The highest BCUT2D eigenvalue weighted by Crippen LogP contribution is 2.48. The van der Waals surface area contributed by atoms with Crippen LogP contribution in [-0.2, 0) is 16.2 Å². The van der Waals surface area contributed by atoms with Crippen LogP contribution in [0, 0.1) is 0 Å². The molecule has 2 aromatic heterocycles. The molecule has 13 rings (SSSR count). The number of fused-ring (bicyclic) bond motifs is 10. The average Bonchev–Trinajstić information content (AvgIpc) is 3.94. The second-order valence-electron chi connectivity index (χ2n) is 23.0. The quantitative estimate of drug-likeness (QED) is 0.165. The minimum atomic E-state index is -0.145. The first-order chi connectivity index (χ1) is 34.1. The van der Waals surface area contributed by atoms with Gasteiger partial charge >= 0.3 is 0 Å². The number of anilines is 6. The Kier molecular flexibility index (Phi) is 9.37. The fourth-order valence-corrected chi connectivity index (χ4v) is 11.5. The lowest BCUT2D eigenvalue weighted by Crippen LogP contribution is -2.61. The van der Waals surface area contributed by atoms with Gasteiger partial charge in [-0.3, -0.25) is 0 Å². The smallest absolute Gasteiger partial charge is 0.252 e. The van der Waals surface area contributed by atoms with Crippen molar-refractivity contribution in [3.05, 3.63) is 199 Å². The van der Waals surface area contributed by atoms with Crippen molar-refractivity contribution in [2.24, 2.45) is 0 Å². The van der Waals surface area contributed by atoms with Crippen LogP contribution in [0.4, 0.5) is 34.1 Å². The van der Waals surface area contributed by atoms with Crippen molar-refractivity contribution in [1.29, 1.82) is 0 Å². The second kappa shape index (κ2) is 15.4. The van der Waals surface area contributed by atoms with Crippen LogP contribution < -0.4 is 26.2 Å². The van der Waals surface area contributed by atoms with Crippen LogP contribution in [0.25, 0.3) is 66.1 Å². The summed E-state index contributed by atoms with van der Waals surface area (Å²) in [6.07, 6.45) is 0. The number of hydrogen-bond donors (Lipinski definition) is 0. The molecule has 2 aliphatic rings. The minimum Gasteiger partial charge on any atom is -0.456 e. The van der Waals surface area contributed by atoms with E-state index in [-0.39, 0.29) is 23.0 Å². The normalized spacial score (nSPS) is 13.6. The van der Waals surface area contributed by atoms with Gasteiger partial charge in [0.25, 0.3) is 6.71 Å². The van der Waals surface area contributed by atoms with E-state index in [0.717, 1.165) is 66.4 Å². The lowest BCUT2D eigenvalue weighted by molar-refractivity contribution is 0.589. The molecule has 2 aliphatic heterocycles. The first kappa shape index (κ1) is 43.3. The molecule has 0 fully saturated rings. The molecule has 0 bridgehead atoms. The maximum Gasteiger partial charge on any atom is 0.252 e. The minimum absolute atomic E-state index is 0.000308. The Morgan fingerprint density at radius 1 is 0.352 bits per heavy atom. The highest BCUT2D eigenvalue weighted by atomic mass is 16.3. The monoisotopic (exact) mass is 920 g/mol. The fourth-order valence-electron chi connectivity index (χ4n) is 11.5. The van der Waals surface area contributed by atoms with E-state index in [2.05, 4.69) is 242 Å². The van der Waals surface area contributed by atoms with Gasteiger partial charge in [0.1, 0.15) is 22.3 Å². The van der Waals surface area contributed by atoms with Gasteiger partial charge < -0.3 is 18.6 Å². The summed E-state index contributed by atoms with van der Waals surface area (Å²) in [5.74, 6) is 0. The average molecular weight is 921 g/mol. The number of para-hydroxylation sites is 2. The molecule has 0 unspecified atom stereocenters. The summed E-state index contributed by atoms with van der Waals surface area (Å²) in [5, 5.41) is 4.57. The van der Waals surface area contributed by atoms with Gasteiger partial charge in [-0.05, 0) is 144 Å². The molecule has 4 heterocycles. The molecule has 0 aliphatic carbocycles. The van der Waals surface area contributed by atoms with Crippen molar-refractivity contribution < 1.29 is 8.83 Å².